The fourth-order valence-electron chi connectivity index (χ4n) is 2.12. The maximum atomic E-state index is 3.56. The van der Waals surface area contributed by atoms with Crippen LogP contribution in [0.1, 0.15) is 59.3 Å². The first-order valence-electron chi connectivity index (χ1n) is 6.90. The normalized spacial score (nSPS) is 18.9. The molecule has 0 aromatic carbocycles. The zero-order valence-electron chi connectivity index (χ0n) is 11.3. The minimum Gasteiger partial charge on any atom is -0.316 e. The highest BCUT2D eigenvalue weighted by Crippen LogP contribution is 2.27. The van der Waals surface area contributed by atoms with Crippen molar-refractivity contribution in [1.82, 2.24) is 5.32 Å². The molecule has 1 rings (SSSR count). The van der Waals surface area contributed by atoms with Gasteiger partial charge in [0.15, 0.2) is 0 Å². The van der Waals surface area contributed by atoms with Crippen molar-refractivity contribution < 1.29 is 0 Å². The van der Waals surface area contributed by atoms with Crippen molar-refractivity contribution >= 4 is 11.8 Å². The fourth-order valence-corrected chi connectivity index (χ4v) is 3.38. The molecule has 0 aromatic rings. The van der Waals surface area contributed by atoms with Crippen LogP contribution in [0, 0.1) is 5.41 Å². The minimum atomic E-state index is 0.476. The van der Waals surface area contributed by atoms with E-state index in [4.69, 9.17) is 0 Å². The third-order valence-electron chi connectivity index (χ3n) is 3.24. The second kappa shape index (κ2) is 7.60. The van der Waals surface area contributed by atoms with Crippen LogP contribution < -0.4 is 5.32 Å². The molecular formula is C14H29NS. The number of hydrogen-bond donors (Lipinski definition) is 1. The number of nitrogens with one attached hydrogen (secondary N) is 1. The summed E-state index contributed by atoms with van der Waals surface area (Å²) in [4.78, 5) is 0. The zero-order chi connectivity index (χ0) is 11.9. The largest absolute Gasteiger partial charge is 0.316 e. The lowest BCUT2D eigenvalue weighted by molar-refractivity contribution is 0.369. The van der Waals surface area contributed by atoms with Gasteiger partial charge in [-0.1, -0.05) is 40.0 Å². The Morgan fingerprint density at radius 2 is 1.75 bits per heavy atom. The molecule has 1 N–H and O–H groups in total. The van der Waals surface area contributed by atoms with Gasteiger partial charge in [-0.3, -0.25) is 0 Å². The molecule has 0 atom stereocenters. The van der Waals surface area contributed by atoms with Gasteiger partial charge in [0.1, 0.15) is 0 Å². The molecule has 0 radical (unpaired) electrons. The van der Waals surface area contributed by atoms with Crippen LogP contribution in [0.15, 0.2) is 0 Å². The van der Waals surface area contributed by atoms with Crippen LogP contribution >= 0.6 is 11.8 Å². The Kier molecular flexibility index (Phi) is 6.83. The molecule has 1 saturated carbocycles. The first kappa shape index (κ1) is 14.4. The molecule has 0 amide bonds. The highest BCUT2D eigenvalue weighted by molar-refractivity contribution is 7.99. The smallest absolute Gasteiger partial charge is 0.00608 e. The summed E-state index contributed by atoms with van der Waals surface area (Å²) < 4.78 is 0. The molecule has 0 aliphatic heterocycles. The van der Waals surface area contributed by atoms with E-state index >= 15 is 0 Å². The summed E-state index contributed by atoms with van der Waals surface area (Å²) >= 11 is 2.19. The molecule has 0 heterocycles. The Labute approximate surface area is 106 Å². The van der Waals surface area contributed by atoms with Gasteiger partial charge in [-0.05, 0) is 31.2 Å². The Balaban J connectivity index is 1.87. The third kappa shape index (κ3) is 7.56. The van der Waals surface area contributed by atoms with E-state index in [2.05, 4.69) is 37.8 Å². The van der Waals surface area contributed by atoms with Crippen molar-refractivity contribution in [3.63, 3.8) is 0 Å². The molecule has 0 saturated heterocycles. The molecule has 0 aromatic heterocycles. The zero-order valence-corrected chi connectivity index (χ0v) is 12.2. The van der Waals surface area contributed by atoms with Gasteiger partial charge in [-0.15, -0.1) is 0 Å². The molecule has 0 bridgehead atoms. The van der Waals surface area contributed by atoms with Crippen LogP contribution in [-0.2, 0) is 0 Å². The molecule has 1 aliphatic carbocycles. The summed E-state index contributed by atoms with van der Waals surface area (Å²) in [6.45, 7) is 9.30. The highest BCUT2D eigenvalue weighted by atomic mass is 32.2. The molecule has 0 spiro atoms. The van der Waals surface area contributed by atoms with Crippen molar-refractivity contribution in [2.45, 2.75) is 64.5 Å². The Morgan fingerprint density at radius 1 is 1.06 bits per heavy atom. The van der Waals surface area contributed by atoms with E-state index < -0.39 is 0 Å². The van der Waals surface area contributed by atoms with E-state index in [0.29, 0.717) is 5.41 Å². The summed E-state index contributed by atoms with van der Waals surface area (Å²) in [5.41, 5.74) is 0.476. The molecule has 2 heteroatoms. The maximum absolute atomic E-state index is 3.56. The molecule has 1 aliphatic rings. The number of rotatable bonds is 6. The lowest BCUT2D eigenvalue weighted by atomic mass is 9.92. The summed E-state index contributed by atoms with van der Waals surface area (Å²) in [7, 11) is 0. The van der Waals surface area contributed by atoms with Gasteiger partial charge in [0.2, 0.25) is 0 Å². The van der Waals surface area contributed by atoms with Crippen molar-refractivity contribution in [3.05, 3.63) is 0 Å². The summed E-state index contributed by atoms with van der Waals surface area (Å²) in [5, 5.41) is 4.53. The van der Waals surface area contributed by atoms with Crippen LogP contribution in [0.3, 0.4) is 0 Å². The molecule has 96 valence electrons. The van der Waals surface area contributed by atoms with Gasteiger partial charge in [-0.2, -0.15) is 11.8 Å². The van der Waals surface area contributed by atoms with Crippen molar-refractivity contribution in [1.29, 1.82) is 0 Å². The van der Waals surface area contributed by atoms with Crippen LogP contribution in [0.25, 0.3) is 0 Å². The van der Waals surface area contributed by atoms with E-state index in [1.807, 2.05) is 0 Å². The predicted molar refractivity (Wildman–Crippen MR) is 76.3 cm³/mol. The van der Waals surface area contributed by atoms with E-state index in [0.717, 1.165) is 5.25 Å². The first-order chi connectivity index (χ1) is 7.58. The topological polar surface area (TPSA) is 12.0 Å². The summed E-state index contributed by atoms with van der Waals surface area (Å²) in [6, 6.07) is 0. The van der Waals surface area contributed by atoms with Crippen LogP contribution in [0.2, 0.25) is 0 Å². The van der Waals surface area contributed by atoms with Gasteiger partial charge in [0.05, 0.1) is 0 Å². The Morgan fingerprint density at radius 3 is 2.38 bits per heavy atom. The first-order valence-corrected chi connectivity index (χ1v) is 7.95. The predicted octanol–water partition coefficient (Wildman–Crippen LogP) is 4.08. The highest BCUT2D eigenvalue weighted by Gasteiger charge is 2.13. The molecule has 0 unspecified atom stereocenters. The third-order valence-corrected chi connectivity index (χ3v) is 4.62. The molecule has 1 fully saturated rings. The monoisotopic (exact) mass is 243 g/mol. The van der Waals surface area contributed by atoms with Gasteiger partial charge in [0.25, 0.3) is 0 Å². The quantitative estimate of drug-likeness (QED) is 0.706. The second-order valence-corrected chi connectivity index (χ2v) is 7.60. The van der Waals surface area contributed by atoms with Crippen LogP contribution in [-0.4, -0.2) is 24.1 Å². The number of hydrogen-bond acceptors (Lipinski definition) is 2. The van der Waals surface area contributed by atoms with E-state index in [1.54, 1.807) is 0 Å². The van der Waals surface area contributed by atoms with Gasteiger partial charge in [0, 0.05) is 17.5 Å². The van der Waals surface area contributed by atoms with E-state index in [1.165, 1.54) is 57.4 Å². The van der Waals surface area contributed by atoms with E-state index in [9.17, 15) is 0 Å². The minimum absolute atomic E-state index is 0.476. The van der Waals surface area contributed by atoms with Crippen molar-refractivity contribution in [2.24, 2.45) is 5.41 Å². The SMILES string of the molecule is CC(C)(C)CCNCCSC1CCCCC1. The fraction of sp³-hybridized carbons (Fsp3) is 1.00. The lowest BCUT2D eigenvalue weighted by Crippen LogP contribution is -2.23. The Bertz CT molecular complexity index is 168. The average Bonchev–Trinajstić information content (AvgIpc) is 2.23. The summed E-state index contributed by atoms with van der Waals surface area (Å²) in [5.74, 6) is 1.30. The molecule has 1 nitrogen and oxygen atoms in total. The Hall–Kier alpha value is 0.310. The second-order valence-electron chi connectivity index (χ2n) is 6.19. The van der Waals surface area contributed by atoms with Crippen LogP contribution in [0.5, 0.6) is 0 Å². The molecule has 16 heavy (non-hydrogen) atoms. The standard InChI is InChI=1S/C14H29NS/c1-14(2,3)9-10-15-11-12-16-13-7-5-4-6-8-13/h13,15H,4-12H2,1-3H3. The average molecular weight is 243 g/mol. The summed E-state index contributed by atoms with van der Waals surface area (Å²) in [6.07, 6.45) is 8.62. The molecular weight excluding hydrogens is 214 g/mol. The maximum Gasteiger partial charge on any atom is 0.00608 e. The van der Waals surface area contributed by atoms with E-state index in [-0.39, 0.29) is 0 Å². The van der Waals surface area contributed by atoms with Crippen LogP contribution in [0.4, 0.5) is 0 Å². The van der Waals surface area contributed by atoms with Crippen molar-refractivity contribution in [3.8, 4) is 0 Å². The lowest BCUT2D eigenvalue weighted by Gasteiger charge is -2.21. The van der Waals surface area contributed by atoms with Crippen molar-refractivity contribution in [2.75, 3.05) is 18.8 Å². The van der Waals surface area contributed by atoms with Gasteiger partial charge < -0.3 is 5.32 Å². The van der Waals surface area contributed by atoms with Gasteiger partial charge >= 0.3 is 0 Å². The number of thioether (sulfide) groups is 1. The van der Waals surface area contributed by atoms with Gasteiger partial charge in [-0.25, -0.2) is 0 Å².